The van der Waals surface area contributed by atoms with Crippen LogP contribution < -0.4 is 5.32 Å². The van der Waals surface area contributed by atoms with Gasteiger partial charge in [0, 0.05) is 18.1 Å². The van der Waals surface area contributed by atoms with Crippen molar-refractivity contribution >= 4 is 9.84 Å². The van der Waals surface area contributed by atoms with Crippen LogP contribution in [0.5, 0.6) is 0 Å². The van der Waals surface area contributed by atoms with Crippen molar-refractivity contribution in [3.05, 3.63) is 0 Å². The molecule has 4 heteroatoms. The van der Waals surface area contributed by atoms with Crippen molar-refractivity contribution in [3.8, 4) is 0 Å². The summed E-state index contributed by atoms with van der Waals surface area (Å²) in [5, 5.41) is 3.59. The van der Waals surface area contributed by atoms with Crippen LogP contribution in [0.15, 0.2) is 0 Å². The van der Waals surface area contributed by atoms with E-state index in [9.17, 15) is 8.42 Å². The Bertz CT molecular complexity index is 308. The molecule has 0 aromatic heterocycles. The zero-order valence-corrected chi connectivity index (χ0v) is 12.8. The highest BCUT2D eigenvalue weighted by molar-refractivity contribution is 7.90. The molecule has 3 nitrogen and oxygen atoms in total. The molecule has 1 rings (SSSR count). The first kappa shape index (κ1) is 16.0. The van der Waals surface area contributed by atoms with Crippen molar-refractivity contribution in [1.82, 2.24) is 5.32 Å². The average molecular weight is 275 g/mol. The highest BCUT2D eigenvalue weighted by Crippen LogP contribution is 2.29. The van der Waals surface area contributed by atoms with Crippen LogP contribution in [0.2, 0.25) is 0 Å². The summed E-state index contributed by atoms with van der Waals surface area (Å²) < 4.78 is 22.3. The molecule has 0 bridgehead atoms. The van der Waals surface area contributed by atoms with Gasteiger partial charge in [-0.3, -0.25) is 0 Å². The van der Waals surface area contributed by atoms with Crippen molar-refractivity contribution in [2.24, 2.45) is 5.92 Å². The first-order valence-corrected chi connectivity index (χ1v) is 9.48. The van der Waals surface area contributed by atoms with Crippen molar-refractivity contribution in [2.45, 2.75) is 64.3 Å². The van der Waals surface area contributed by atoms with Gasteiger partial charge in [-0.15, -0.1) is 0 Å². The van der Waals surface area contributed by atoms with E-state index < -0.39 is 9.84 Å². The minimum absolute atomic E-state index is 0.335. The van der Waals surface area contributed by atoms with Gasteiger partial charge in [-0.25, -0.2) is 8.42 Å². The van der Waals surface area contributed by atoms with E-state index in [-0.39, 0.29) is 0 Å². The molecule has 0 aromatic rings. The normalized spacial score (nSPS) is 19.2. The maximum atomic E-state index is 11.2. The van der Waals surface area contributed by atoms with Crippen molar-refractivity contribution < 1.29 is 8.42 Å². The topological polar surface area (TPSA) is 46.2 Å². The van der Waals surface area contributed by atoms with E-state index in [4.69, 9.17) is 0 Å². The molecule has 1 saturated carbocycles. The van der Waals surface area contributed by atoms with Crippen molar-refractivity contribution in [2.75, 3.05) is 18.6 Å². The third-order valence-corrected chi connectivity index (χ3v) is 4.87. The second-order valence-corrected chi connectivity index (χ2v) is 8.07. The van der Waals surface area contributed by atoms with Crippen LogP contribution in [0, 0.1) is 5.92 Å². The maximum absolute atomic E-state index is 11.2. The summed E-state index contributed by atoms with van der Waals surface area (Å²) in [5.74, 6) is 1.21. The predicted molar refractivity (Wildman–Crippen MR) is 77.6 cm³/mol. The Hall–Kier alpha value is -0.0900. The van der Waals surface area contributed by atoms with Gasteiger partial charge >= 0.3 is 0 Å². The molecule has 1 aliphatic carbocycles. The highest BCUT2D eigenvalue weighted by atomic mass is 32.2. The summed E-state index contributed by atoms with van der Waals surface area (Å²) in [6.07, 6.45) is 11.0. The molecule has 1 fully saturated rings. The van der Waals surface area contributed by atoms with E-state index in [1.165, 1.54) is 38.4 Å². The van der Waals surface area contributed by atoms with Gasteiger partial charge < -0.3 is 5.32 Å². The van der Waals surface area contributed by atoms with Gasteiger partial charge in [0.2, 0.25) is 0 Å². The summed E-state index contributed by atoms with van der Waals surface area (Å²) in [6.45, 7) is 3.23. The Labute approximate surface area is 113 Å². The van der Waals surface area contributed by atoms with E-state index in [0.717, 1.165) is 31.7 Å². The molecule has 1 N–H and O–H groups in total. The number of nitrogens with one attached hydrogen (secondary N) is 1. The minimum atomic E-state index is -2.80. The minimum Gasteiger partial charge on any atom is -0.314 e. The second kappa shape index (κ2) is 8.16. The average Bonchev–Trinajstić information content (AvgIpc) is 2.76. The Balaban J connectivity index is 2.29. The predicted octanol–water partition coefficient (Wildman–Crippen LogP) is 2.76. The quantitative estimate of drug-likeness (QED) is 0.704. The summed E-state index contributed by atoms with van der Waals surface area (Å²) >= 11 is 0. The van der Waals surface area contributed by atoms with E-state index in [1.54, 1.807) is 0 Å². The van der Waals surface area contributed by atoms with Gasteiger partial charge in [-0.1, -0.05) is 32.6 Å². The lowest BCUT2D eigenvalue weighted by atomic mass is 9.95. The standard InChI is InChI=1S/C14H29NO2S/c1-3-10-15-14(9-6-11-18(2,16)17)12-13-7-4-5-8-13/h13-15H,3-12H2,1-2H3. The number of hydrogen-bond acceptors (Lipinski definition) is 3. The molecule has 0 heterocycles. The summed E-state index contributed by atoms with van der Waals surface area (Å²) in [6, 6.07) is 0.523. The van der Waals surface area contributed by atoms with Gasteiger partial charge in [0.25, 0.3) is 0 Å². The fourth-order valence-corrected chi connectivity index (χ4v) is 3.58. The van der Waals surface area contributed by atoms with Crippen LogP contribution in [0.4, 0.5) is 0 Å². The largest absolute Gasteiger partial charge is 0.314 e. The molecule has 1 aliphatic rings. The van der Waals surface area contributed by atoms with Gasteiger partial charge in [0.15, 0.2) is 0 Å². The summed E-state index contributed by atoms with van der Waals surface area (Å²) in [4.78, 5) is 0. The smallest absolute Gasteiger partial charge is 0.147 e. The van der Waals surface area contributed by atoms with Crippen LogP contribution >= 0.6 is 0 Å². The Morgan fingerprint density at radius 2 is 1.94 bits per heavy atom. The van der Waals surface area contributed by atoms with E-state index in [1.807, 2.05) is 0 Å². The first-order valence-electron chi connectivity index (χ1n) is 7.42. The van der Waals surface area contributed by atoms with Crippen LogP contribution in [-0.2, 0) is 9.84 Å². The molecule has 0 amide bonds. The molecule has 0 saturated heterocycles. The monoisotopic (exact) mass is 275 g/mol. The fraction of sp³-hybridized carbons (Fsp3) is 1.00. The first-order chi connectivity index (χ1) is 8.51. The Kier molecular flexibility index (Phi) is 7.23. The molecule has 18 heavy (non-hydrogen) atoms. The SMILES string of the molecule is CCCNC(CCCS(C)(=O)=O)CC1CCCC1. The summed E-state index contributed by atoms with van der Waals surface area (Å²) in [5.41, 5.74) is 0. The molecule has 0 spiro atoms. The van der Waals surface area contributed by atoms with Crippen molar-refractivity contribution in [3.63, 3.8) is 0 Å². The van der Waals surface area contributed by atoms with Crippen LogP contribution in [0.25, 0.3) is 0 Å². The van der Waals surface area contributed by atoms with E-state index >= 15 is 0 Å². The molecule has 0 aromatic carbocycles. The molecule has 108 valence electrons. The van der Waals surface area contributed by atoms with Gasteiger partial charge in [-0.05, 0) is 38.1 Å². The van der Waals surface area contributed by atoms with Gasteiger partial charge in [0.1, 0.15) is 9.84 Å². The number of hydrogen-bond donors (Lipinski definition) is 1. The van der Waals surface area contributed by atoms with Crippen LogP contribution in [0.1, 0.15) is 58.3 Å². The van der Waals surface area contributed by atoms with E-state index in [2.05, 4.69) is 12.2 Å². The zero-order valence-electron chi connectivity index (χ0n) is 12.0. The molecule has 0 aliphatic heterocycles. The summed E-state index contributed by atoms with van der Waals surface area (Å²) in [7, 11) is -2.80. The van der Waals surface area contributed by atoms with E-state index in [0.29, 0.717) is 11.8 Å². The molecular formula is C14H29NO2S. The highest BCUT2D eigenvalue weighted by Gasteiger charge is 2.19. The zero-order chi connectivity index (χ0) is 13.4. The lowest BCUT2D eigenvalue weighted by Crippen LogP contribution is -2.32. The Morgan fingerprint density at radius 3 is 2.50 bits per heavy atom. The third kappa shape index (κ3) is 7.37. The molecular weight excluding hydrogens is 246 g/mol. The lowest BCUT2D eigenvalue weighted by molar-refractivity contribution is 0.369. The molecule has 1 unspecified atom stereocenters. The van der Waals surface area contributed by atoms with Gasteiger partial charge in [-0.2, -0.15) is 0 Å². The number of sulfone groups is 1. The molecule has 1 atom stereocenters. The van der Waals surface area contributed by atoms with Crippen LogP contribution in [0.3, 0.4) is 0 Å². The number of rotatable bonds is 9. The fourth-order valence-electron chi connectivity index (χ4n) is 2.89. The van der Waals surface area contributed by atoms with Crippen LogP contribution in [-0.4, -0.2) is 33.0 Å². The second-order valence-electron chi connectivity index (χ2n) is 5.81. The third-order valence-electron chi connectivity index (χ3n) is 3.84. The maximum Gasteiger partial charge on any atom is 0.147 e. The van der Waals surface area contributed by atoms with Gasteiger partial charge in [0.05, 0.1) is 0 Å². The molecule has 0 radical (unpaired) electrons. The lowest BCUT2D eigenvalue weighted by Gasteiger charge is -2.21. The Morgan fingerprint density at radius 1 is 1.28 bits per heavy atom. The van der Waals surface area contributed by atoms with Crippen molar-refractivity contribution in [1.29, 1.82) is 0 Å².